The fraction of sp³-hybridized carbons (Fsp3) is 0.294. The lowest BCUT2D eigenvalue weighted by Gasteiger charge is -2.17. The zero-order valence-electron chi connectivity index (χ0n) is 12.5. The Morgan fingerprint density at radius 3 is 2.68 bits per heavy atom. The molecule has 0 fully saturated rings. The fourth-order valence-electron chi connectivity index (χ4n) is 2.97. The Morgan fingerprint density at radius 2 is 1.82 bits per heavy atom. The largest absolute Gasteiger partial charge is 0.252 e. The van der Waals surface area contributed by atoms with Gasteiger partial charge in [-0.15, -0.1) is 5.10 Å². The van der Waals surface area contributed by atoms with E-state index in [2.05, 4.69) is 22.2 Å². The highest BCUT2D eigenvalue weighted by Crippen LogP contribution is 2.23. The molecule has 0 aliphatic heterocycles. The van der Waals surface area contributed by atoms with Crippen molar-refractivity contribution in [2.24, 2.45) is 0 Å². The molecule has 0 atom stereocenters. The standard InChI is InChI=1S/C17H17N5/c1-12-14-9-5-6-10-15(14)19-17(18-12)22-11-16(20-21-22)13-7-3-2-4-8-13/h2-4,7-8,11H,5-6,9-10H2,1H3. The second kappa shape index (κ2) is 5.33. The highest BCUT2D eigenvalue weighted by Gasteiger charge is 2.17. The first-order chi connectivity index (χ1) is 10.8. The van der Waals surface area contributed by atoms with Gasteiger partial charge < -0.3 is 0 Å². The van der Waals surface area contributed by atoms with Crippen LogP contribution in [-0.2, 0) is 12.8 Å². The van der Waals surface area contributed by atoms with Gasteiger partial charge in [0.15, 0.2) is 0 Å². The predicted octanol–water partition coefficient (Wildman–Crippen LogP) is 2.91. The third-order valence-electron chi connectivity index (χ3n) is 4.15. The van der Waals surface area contributed by atoms with E-state index in [-0.39, 0.29) is 0 Å². The Morgan fingerprint density at radius 1 is 1.00 bits per heavy atom. The normalized spacial score (nSPS) is 13.9. The van der Waals surface area contributed by atoms with Gasteiger partial charge in [0.05, 0.1) is 6.20 Å². The third kappa shape index (κ3) is 2.28. The van der Waals surface area contributed by atoms with Crippen LogP contribution in [-0.4, -0.2) is 25.0 Å². The molecule has 2 aromatic heterocycles. The van der Waals surface area contributed by atoms with E-state index in [1.165, 1.54) is 24.1 Å². The number of hydrogen-bond donors (Lipinski definition) is 0. The molecule has 0 saturated carbocycles. The molecule has 5 heteroatoms. The van der Waals surface area contributed by atoms with E-state index in [4.69, 9.17) is 4.98 Å². The Bertz CT molecular complexity index is 807. The molecule has 0 amide bonds. The minimum atomic E-state index is 0.618. The first kappa shape index (κ1) is 13.1. The number of hydrogen-bond acceptors (Lipinski definition) is 4. The summed E-state index contributed by atoms with van der Waals surface area (Å²) in [5, 5.41) is 8.43. The smallest absolute Gasteiger partial charge is 0.216 e. The van der Waals surface area contributed by atoms with E-state index >= 15 is 0 Å². The maximum absolute atomic E-state index is 4.70. The summed E-state index contributed by atoms with van der Waals surface area (Å²) in [5.41, 5.74) is 5.43. The second-order valence-corrected chi connectivity index (χ2v) is 5.66. The SMILES string of the molecule is Cc1nc(-n2cc(-c3ccccc3)nn2)nc2c1CCCC2. The molecule has 0 saturated heterocycles. The monoisotopic (exact) mass is 291 g/mol. The quantitative estimate of drug-likeness (QED) is 0.728. The molecular formula is C17H17N5. The minimum absolute atomic E-state index is 0.618. The van der Waals surface area contributed by atoms with Gasteiger partial charge in [-0.25, -0.2) is 9.97 Å². The van der Waals surface area contributed by atoms with Gasteiger partial charge in [-0.2, -0.15) is 4.68 Å². The molecule has 1 aliphatic rings. The van der Waals surface area contributed by atoms with Crippen molar-refractivity contribution in [1.82, 2.24) is 25.0 Å². The molecular weight excluding hydrogens is 274 g/mol. The molecule has 0 unspecified atom stereocenters. The number of fused-ring (bicyclic) bond motifs is 1. The highest BCUT2D eigenvalue weighted by atomic mass is 15.5. The summed E-state index contributed by atoms with van der Waals surface area (Å²) in [5.74, 6) is 0.618. The van der Waals surface area contributed by atoms with Crippen LogP contribution in [0, 0.1) is 6.92 Å². The van der Waals surface area contributed by atoms with Crippen molar-refractivity contribution in [3.63, 3.8) is 0 Å². The third-order valence-corrected chi connectivity index (χ3v) is 4.15. The average molecular weight is 291 g/mol. The van der Waals surface area contributed by atoms with E-state index in [0.717, 1.165) is 29.8 Å². The zero-order chi connectivity index (χ0) is 14.9. The summed E-state index contributed by atoms with van der Waals surface area (Å²) in [7, 11) is 0. The summed E-state index contributed by atoms with van der Waals surface area (Å²) < 4.78 is 1.67. The first-order valence-electron chi connectivity index (χ1n) is 7.66. The summed E-state index contributed by atoms with van der Waals surface area (Å²) >= 11 is 0. The van der Waals surface area contributed by atoms with Gasteiger partial charge in [0.25, 0.3) is 5.95 Å². The Hall–Kier alpha value is -2.56. The van der Waals surface area contributed by atoms with Crippen molar-refractivity contribution in [1.29, 1.82) is 0 Å². The molecule has 110 valence electrons. The van der Waals surface area contributed by atoms with Crippen LogP contribution in [0.1, 0.15) is 29.8 Å². The van der Waals surface area contributed by atoms with E-state index in [0.29, 0.717) is 5.95 Å². The molecule has 1 aromatic carbocycles. The lowest BCUT2D eigenvalue weighted by molar-refractivity contribution is 0.642. The van der Waals surface area contributed by atoms with Crippen LogP contribution < -0.4 is 0 Å². The van der Waals surface area contributed by atoms with Crippen LogP contribution in [0.3, 0.4) is 0 Å². The Balaban J connectivity index is 1.74. The van der Waals surface area contributed by atoms with Gasteiger partial charge in [-0.05, 0) is 38.2 Å². The van der Waals surface area contributed by atoms with Crippen LogP contribution in [0.2, 0.25) is 0 Å². The molecule has 4 rings (SSSR count). The van der Waals surface area contributed by atoms with Gasteiger partial charge >= 0.3 is 0 Å². The molecule has 5 nitrogen and oxygen atoms in total. The lowest BCUT2D eigenvalue weighted by atomic mass is 9.95. The van der Waals surface area contributed by atoms with E-state index in [1.54, 1.807) is 4.68 Å². The van der Waals surface area contributed by atoms with E-state index in [9.17, 15) is 0 Å². The molecule has 2 heterocycles. The van der Waals surface area contributed by atoms with Crippen molar-refractivity contribution in [2.75, 3.05) is 0 Å². The molecule has 22 heavy (non-hydrogen) atoms. The maximum atomic E-state index is 4.70. The summed E-state index contributed by atoms with van der Waals surface area (Å²) in [6, 6.07) is 10.0. The first-order valence-corrected chi connectivity index (χ1v) is 7.66. The van der Waals surface area contributed by atoms with E-state index in [1.807, 2.05) is 36.5 Å². The second-order valence-electron chi connectivity index (χ2n) is 5.66. The zero-order valence-corrected chi connectivity index (χ0v) is 12.5. The summed E-state index contributed by atoms with van der Waals surface area (Å²) in [6.45, 7) is 2.06. The Labute approximate surface area is 129 Å². The average Bonchev–Trinajstić information content (AvgIpc) is 3.06. The maximum Gasteiger partial charge on any atom is 0.252 e. The van der Waals surface area contributed by atoms with Crippen LogP contribution in [0.4, 0.5) is 0 Å². The van der Waals surface area contributed by atoms with Gasteiger partial charge in [0.2, 0.25) is 0 Å². The van der Waals surface area contributed by atoms with Gasteiger partial charge in [0, 0.05) is 17.0 Å². The lowest BCUT2D eigenvalue weighted by Crippen LogP contribution is -2.13. The van der Waals surface area contributed by atoms with Crippen molar-refractivity contribution in [3.05, 3.63) is 53.5 Å². The summed E-state index contributed by atoms with van der Waals surface area (Å²) in [6.07, 6.45) is 6.45. The van der Waals surface area contributed by atoms with Crippen molar-refractivity contribution in [3.8, 4) is 17.2 Å². The molecule has 0 radical (unpaired) electrons. The minimum Gasteiger partial charge on any atom is -0.216 e. The summed E-state index contributed by atoms with van der Waals surface area (Å²) in [4.78, 5) is 9.31. The number of aromatic nitrogens is 5. The van der Waals surface area contributed by atoms with E-state index < -0.39 is 0 Å². The number of rotatable bonds is 2. The van der Waals surface area contributed by atoms with Crippen molar-refractivity contribution >= 4 is 0 Å². The molecule has 0 N–H and O–H groups in total. The van der Waals surface area contributed by atoms with Crippen LogP contribution in [0.5, 0.6) is 0 Å². The van der Waals surface area contributed by atoms with Gasteiger partial charge in [0.1, 0.15) is 5.69 Å². The van der Waals surface area contributed by atoms with Crippen molar-refractivity contribution in [2.45, 2.75) is 32.6 Å². The highest BCUT2D eigenvalue weighted by molar-refractivity contribution is 5.57. The molecule has 0 bridgehead atoms. The van der Waals surface area contributed by atoms with Crippen LogP contribution in [0.15, 0.2) is 36.5 Å². The number of nitrogens with zero attached hydrogens (tertiary/aromatic N) is 5. The predicted molar refractivity (Wildman–Crippen MR) is 83.8 cm³/mol. The molecule has 3 aromatic rings. The topological polar surface area (TPSA) is 56.5 Å². The number of aryl methyl sites for hydroxylation is 2. The Kier molecular flexibility index (Phi) is 3.18. The van der Waals surface area contributed by atoms with Gasteiger partial charge in [-0.1, -0.05) is 35.5 Å². The molecule has 0 spiro atoms. The van der Waals surface area contributed by atoms with Gasteiger partial charge in [-0.3, -0.25) is 0 Å². The van der Waals surface area contributed by atoms with Crippen molar-refractivity contribution < 1.29 is 0 Å². The fourth-order valence-corrected chi connectivity index (χ4v) is 2.97. The molecule has 1 aliphatic carbocycles. The number of benzene rings is 1. The van der Waals surface area contributed by atoms with Crippen LogP contribution >= 0.6 is 0 Å². The van der Waals surface area contributed by atoms with Crippen LogP contribution in [0.25, 0.3) is 17.2 Å².